The fraction of sp³-hybridized carbons (Fsp3) is 0.462. The summed E-state index contributed by atoms with van der Waals surface area (Å²) in [4.78, 5) is 11.5. The van der Waals surface area contributed by atoms with Crippen LogP contribution < -0.4 is 9.04 Å². The molecule has 0 aliphatic carbocycles. The molecule has 0 saturated heterocycles. The highest BCUT2D eigenvalue weighted by molar-refractivity contribution is 9.09. The van der Waals surface area contributed by atoms with Gasteiger partial charge in [0.05, 0.1) is 31.7 Å². The van der Waals surface area contributed by atoms with Gasteiger partial charge in [0.25, 0.3) is 0 Å². The van der Waals surface area contributed by atoms with Crippen LogP contribution >= 0.6 is 15.9 Å². The summed E-state index contributed by atoms with van der Waals surface area (Å²) in [5.41, 5.74) is 0.695. The van der Waals surface area contributed by atoms with Gasteiger partial charge in [-0.15, -0.1) is 0 Å². The molecule has 0 unspecified atom stereocenters. The minimum absolute atomic E-state index is 0.298. The first kappa shape index (κ1) is 17.8. The van der Waals surface area contributed by atoms with Crippen molar-refractivity contribution in [3.63, 3.8) is 0 Å². The fourth-order valence-electron chi connectivity index (χ4n) is 1.80. The molecule has 0 N–H and O–H groups in total. The van der Waals surface area contributed by atoms with Gasteiger partial charge in [0.2, 0.25) is 10.0 Å². The number of methoxy groups -OCH3 is 2. The minimum atomic E-state index is -3.45. The lowest BCUT2D eigenvalue weighted by atomic mass is 10.2. The van der Waals surface area contributed by atoms with E-state index in [4.69, 9.17) is 4.74 Å². The van der Waals surface area contributed by atoms with Crippen LogP contribution in [0.2, 0.25) is 0 Å². The molecular formula is C13H18BrNO5S. The number of alkyl halides is 1. The molecule has 6 nitrogen and oxygen atoms in total. The number of ether oxygens (including phenoxy) is 2. The number of benzene rings is 1. The summed E-state index contributed by atoms with van der Waals surface area (Å²) in [5.74, 6) is -0.205. The van der Waals surface area contributed by atoms with Crippen molar-refractivity contribution in [2.45, 2.75) is 6.42 Å². The second-order valence-electron chi connectivity index (χ2n) is 4.26. The van der Waals surface area contributed by atoms with Gasteiger partial charge in [-0.3, -0.25) is 4.31 Å². The van der Waals surface area contributed by atoms with E-state index in [0.717, 1.165) is 6.26 Å². The molecule has 118 valence electrons. The number of halogens is 1. The molecule has 8 heteroatoms. The van der Waals surface area contributed by atoms with Crippen LogP contribution in [0.5, 0.6) is 5.75 Å². The van der Waals surface area contributed by atoms with Gasteiger partial charge in [-0.05, 0) is 24.6 Å². The van der Waals surface area contributed by atoms with E-state index in [1.807, 2.05) is 0 Å². The molecule has 0 bridgehead atoms. The number of anilines is 1. The van der Waals surface area contributed by atoms with Gasteiger partial charge in [-0.25, -0.2) is 13.2 Å². The third kappa shape index (κ3) is 4.60. The Bertz CT molecular complexity index is 603. The van der Waals surface area contributed by atoms with Gasteiger partial charge < -0.3 is 9.47 Å². The first-order chi connectivity index (χ1) is 9.85. The predicted octanol–water partition coefficient (Wildman–Crippen LogP) is 2.03. The first-order valence-corrected chi connectivity index (χ1v) is 9.12. The van der Waals surface area contributed by atoms with Crippen molar-refractivity contribution < 1.29 is 22.7 Å². The Morgan fingerprint density at radius 2 is 2.00 bits per heavy atom. The van der Waals surface area contributed by atoms with Crippen molar-refractivity contribution in [3.05, 3.63) is 23.8 Å². The Morgan fingerprint density at radius 1 is 1.33 bits per heavy atom. The van der Waals surface area contributed by atoms with Gasteiger partial charge >= 0.3 is 5.97 Å². The van der Waals surface area contributed by atoms with E-state index in [0.29, 0.717) is 35.3 Å². The van der Waals surface area contributed by atoms with Crippen LogP contribution in [-0.4, -0.2) is 46.7 Å². The van der Waals surface area contributed by atoms with Gasteiger partial charge in [-0.1, -0.05) is 15.9 Å². The number of sulfonamides is 1. The number of hydrogen-bond acceptors (Lipinski definition) is 5. The molecule has 0 aromatic heterocycles. The monoisotopic (exact) mass is 379 g/mol. The van der Waals surface area contributed by atoms with Gasteiger partial charge in [0, 0.05) is 11.9 Å². The number of carbonyl (C=O) groups excluding carboxylic acids is 1. The highest BCUT2D eigenvalue weighted by atomic mass is 79.9. The zero-order valence-electron chi connectivity index (χ0n) is 12.1. The summed E-state index contributed by atoms with van der Waals surface area (Å²) >= 11 is 3.28. The molecule has 1 aromatic carbocycles. The Kier molecular flexibility index (Phi) is 6.47. The molecule has 0 spiro atoms. The summed E-state index contributed by atoms with van der Waals surface area (Å²) in [6.07, 6.45) is 1.78. The summed E-state index contributed by atoms with van der Waals surface area (Å²) in [7, 11) is -0.744. The fourth-order valence-corrected chi connectivity index (χ4v) is 3.02. The molecule has 0 radical (unpaired) electrons. The lowest BCUT2D eigenvalue weighted by molar-refractivity contribution is 0.0600. The van der Waals surface area contributed by atoms with Crippen LogP contribution in [0.4, 0.5) is 5.69 Å². The number of rotatable bonds is 7. The van der Waals surface area contributed by atoms with E-state index in [9.17, 15) is 13.2 Å². The second-order valence-corrected chi connectivity index (χ2v) is 6.96. The van der Waals surface area contributed by atoms with Crippen molar-refractivity contribution in [2.24, 2.45) is 0 Å². The van der Waals surface area contributed by atoms with Crippen LogP contribution in [0.3, 0.4) is 0 Å². The maximum atomic E-state index is 11.9. The van der Waals surface area contributed by atoms with Crippen LogP contribution in [0.15, 0.2) is 18.2 Å². The molecule has 0 aliphatic rings. The molecule has 0 heterocycles. The molecule has 0 fully saturated rings. The second kappa shape index (κ2) is 7.65. The minimum Gasteiger partial charge on any atom is -0.495 e. The van der Waals surface area contributed by atoms with E-state index in [1.165, 1.54) is 30.7 Å². The third-order valence-electron chi connectivity index (χ3n) is 2.76. The van der Waals surface area contributed by atoms with Gasteiger partial charge in [-0.2, -0.15) is 0 Å². The molecule has 0 amide bonds. The largest absolute Gasteiger partial charge is 0.495 e. The summed E-state index contributed by atoms with van der Waals surface area (Å²) in [5, 5.41) is 0.682. The Morgan fingerprint density at radius 3 is 2.48 bits per heavy atom. The van der Waals surface area contributed by atoms with E-state index in [1.54, 1.807) is 6.07 Å². The lowest BCUT2D eigenvalue weighted by Crippen LogP contribution is -2.31. The zero-order chi connectivity index (χ0) is 16.0. The first-order valence-electron chi connectivity index (χ1n) is 6.15. The molecule has 1 rings (SSSR count). The number of carbonyl (C=O) groups is 1. The quantitative estimate of drug-likeness (QED) is 0.535. The Labute approximate surface area is 133 Å². The van der Waals surface area contributed by atoms with Crippen molar-refractivity contribution in [1.29, 1.82) is 0 Å². The smallest absolute Gasteiger partial charge is 0.337 e. The lowest BCUT2D eigenvalue weighted by Gasteiger charge is -2.24. The van der Waals surface area contributed by atoms with Crippen molar-refractivity contribution in [3.8, 4) is 5.75 Å². The summed E-state index contributed by atoms with van der Waals surface area (Å²) in [6.45, 7) is 0.317. The van der Waals surface area contributed by atoms with Crippen LogP contribution in [0.1, 0.15) is 16.8 Å². The molecule has 0 aliphatic heterocycles. The zero-order valence-corrected chi connectivity index (χ0v) is 14.5. The van der Waals surface area contributed by atoms with Gasteiger partial charge in [0.1, 0.15) is 5.75 Å². The van der Waals surface area contributed by atoms with Crippen molar-refractivity contribution >= 4 is 37.6 Å². The topological polar surface area (TPSA) is 72.9 Å². The maximum Gasteiger partial charge on any atom is 0.337 e. The molecule has 21 heavy (non-hydrogen) atoms. The van der Waals surface area contributed by atoms with Crippen molar-refractivity contribution in [1.82, 2.24) is 0 Å². The number of esters is 1. The average molecular weight is 380 g/mol. The Hall–Kier alpha value is -1.28. The SMILES string of the molecule is COC(=O)c1ccc(N(CCCBr)S(C)(=O)=O)c(OC)c1. The van der Waals surface area contributed by atoms with E-state index in [2.05, 4.69) is 20.7 Å². The molecular weight excluding hydrogens is 362 g/mol. The molecule has 1 aromatic rings. The van der Waals surface area contributed by atoms with E-state index in [-0.39, 0.29) is 0 Å². The standard InChI is InChI=1S/C13H18BrNO5S/c1-19-12-9-10(13(16)20-2)5-6-11(12)15(8-4-7-14)21(3,17)18/h5-6,9H,4,7-8H2,1-3H3. The normalized spacial score (nSPS) is 11.0. The summed E-state index contributed by atoms with van der Waals surface area (Å²) < 4.78 is 35.0. The number of nitrogens with zero attached hydrogens (tertiary/aromatic N) is 1. The number of hydrogen-bond donors (Lipinski definition) is 0. The van der Waals surface area contributed by atoms with Crippen LogP contribution in [0.25, 0.3) is 0 Å². The van der Waals surface area contributed by atoms with Crippen LogP contribution in [-0.2, 0) is 14.8 Å². The molecule has 0 atom stereocenters. The maximum absolute atomic E-state index is 11.9. The Balaban J connectivity index is 3.28. The average Bonchev–Trinajstić information content (AvgIpc) is 2.45. The summed E-state index contributed by atoms with van der Waals surface area (Å²) in [6, 6.07) is 4.52. The van der Waals surface area contributed by atoms with Crippen LogP contribution in [0, 0.1) is 0 Å². The molecule has 0 saturated carbocycles. The highest BCUT2D eigenvalue weighted by Crippen LogP contribution is 2.31. The van der Waals surface area contributed by atoms with E-state index >= 15 is 0 Å². The third-order valence-corrected chi connectivity index (χ3v) is 4.51. The van der Waals surface area contributed by atoms with Crippen molar-refractivity contribution in [2.75, 3.05) is 36.7 Å². The van der Waals surface area contributed by atoms with Gasteiger partial charge in [0.15, 0.2) is 0 Å². The predicted molar refractivity (Wildman–Crippen MR) is 84.9 cm³/mol. The van der Waals surface area contributed by atoms with E-state index < -0.39 is 16.0 Å². The highest BCUT2D eigenvalue weighted by Gasteiger charge is 2.22.